The second kappa shape index (κ2) is 6.02. The van der Waals surface area contributed by atoms with Gasteiger partial charge in [-0.2, -0.15) is 0 Å². The summed E-state index contributed by atoms with van der Waals surface area (Å²) in [4.78, 5) is 4.57. The van der Waals surface area contributed by atoms with Gasteiger partial charge in [-0.1, -0.05) is 29.4 Å². The first kappa shape index (κ1) is 13.8. The van der Waals surface area contributed by atoms with Gasteiger partial charge in [0.2, 0.25) is 0 Å². The third-order valence-corrected chi connectivity index (χ3v) is 4.61. The van der Waals surface area contributed by atoms with E-state index in [0.29, 0.717) is 19.4 Å². The largest absolute Gasteiger partial charge is 0.326 e. The minimum Gasteiger partial charge on any atom is -0.326 e. The van der Waals surface area contributed by atoms with Crippen LogP contribution in [0.1, 0.15) is 5.56 Å². The summed E-state index contributed by atoms with van der Waals surface area (Å²) >= 11 is 10.4. The van der Waals surface area contributed by atoms with Crippen molar-refractivity contribution in [3.8, 4) is 0 Å². The summed E-state index contributed by atoms with van der Waals surface area (Å²) in [6, 6.07) is 6.92. The van der Waals surface area contributed by atoms with E-state index < -0.39 is 0 Å². The van der Waals surface area contributed by atoms with E-state index in [1.807, 2.05) is 0 Å². The molecule has 0 radical (unpaired) electrons. The van der Waals surface area contributed by atoms with Crippen LogP contribution in [0.3, 0.4) is 0 Å². The average molecular weight is 348 g/mol. The van der Waals surface area contributed by atoms with Gasteiger partial charge < -0.3 is 5.73 Å². The van der Waals surface area contributed by atoms with Crippen LogP contribution in [-0.2, 0) is 6.54 Å². The number of benzene rings is 1. The van der Waals surface area contributed by atoms with E-state index in [2.05, 4.69) is 20.9 Å². The van der Waals surface area contributed by atoms with Crippen LogP contribution >= 0.6 is 39.3 Å². The number of rotatable bonds is 3. The molecular weight excluding hydrogens is 339 g/mol. The topological polar surface area (TPSA) is 38.9 Å². The van der Waals surface area contributed by atoms with E-state index in [1.165, 1.54) is 11.8 Å². The molecule has 2 rings (SSSR count). The third kappa shape index (κ3) is 2.85. The van der Waals surface area contributed by atoms with Gasteiger partial charge in [-0.3, -0.25) is 0 Å². The van der Waals surface area contributed by atoms with Gasteiger partial charge in [0, 0.05) is 12.7 Å². The molecule has 0 bridgehead atoms. The highest BCUT2D eigenvalue weighted by atomic mass is 79.9. The Balaban J connectivity index is 2.36. The van der Waals surface area contributed by atoms with Crippen molar-refractivity contribution in [2.24, 2.45) is 5.73 Å². The summed E-state index contributed by atoms with van der Waals surface area (Å²) in [5, 5.41) is 1.08. The fourth-order valence-corrected chi connectivity index (χ4v) is 3.05. The van der Waals surface area contributed by atoms with E-state index in [0.717, 1.165) is 5.56 Å². The number of hydrogen-bond acceptors (Lipinski definition) is 3. The maximum atomic E-state index is 14.1. The summed E-state index contributed by atoms with van der Waals surface area (Å²) in [6.45, 7) is 0.285. The van der Waals surface area contributed by atoms with Crippen molar-refractivity contribution in [1.29, 1.82) is 0 Å². The van der Waals surface area contributed by atoms with E-state index in [9.17, 15) is 4.39 Å². The van der Waals surface area contributed by atoms with E-state index >= 15 is 0 Å². The van der Waals surface area contributed by atoms with Crippen molar-refractivity contribution in [2.45, 2.75) is 16.5 Å². The molecule has 0 aliphatic carbocycles. The van der Waals surface area contributed by atoms with Crippen LogP contribution in [0.5, 0.6) is 0 Å². The molecular formula is C12H9BrClFN2S. The van der Waals surface area contributed by atoms with Crippen molar-refractivity contribution in [1.82, 2.24) is 4.98 Å². The maximum Gasteiger partial charge on any atom is 0.151 e. The number of pyridine rings is 1. The molecule has 0 atom stereocenters. The molecule has 2 aromatic rings. The molecule has 1 aromatic carbocycles. The molecule has 0 saturated heterocycles. The summed E-state index contributed by atoms with van der Waals surface area (Å²) in [5.74, 6) is -0.343. The Morgan fingerprint density at radius 2 is 2.17 bits per heavy atom. The second-order valence-electron chi connectivity index (χ2n) is 3.45. The van der Waals surface area contributed by atoms with Crippen LogP contribution in [0, 0.1) is 5.82 Å². The van der Waals surface area contributed by atoms with Crippen LogP contribution < -0.4 is 5.73 Å². The molecule has 0 fully saturated rings. The minimum atomic E-state index is -0.343. The number of halogens is 3. The first-order chi connectivity index (χ1) is 8.63. The molecule has 0 amide bonds. The molecule has 0 unspecified atom stereocenters. The highest BCUT2D eigenvalue weighted by Crippen LogP contribution is 2.36. The normalized spacial score (nSPS) is 10.7. The highest BCUT2D eigenvalue weighted by Gasteiger charge is 2.13. The Bertz CT molecular complexity index is 580. The van der Waals surface area contributed by atoms with Gasteiger partial charge in [0.15, 0.2) is 5.82 Å². The lowest BCUT2D eigenvalue weighted by Crippen LogP contribution is -1.99. The Hall–Kier alpha value is -0.620. The Kier molecular flexibility index (Phi) is 4.61. The van der Waals surface area contributed by atoms with Crippen molar-refractivity contribution >= 4 is 39.3 Å². The number of nitrogens with zero attached hydrogens (tertiary/aromatic N) is 1. The van der Waals surface area contributed by atoms with Gasteiger partial charge in [0.05, 0.1) is 14.4 Å². The fourth-order valence-electron chi connectivity index (χ4n) is 1.36. The van der Waals surface area contributed by atoms with Crippen molar-refractivity contribution in [3.05, 3.63) is 51.3 Å². The molecule has 6 heteroatoms. The molecule has 0 aliphatic rings. The second-order valence-corrected chi connectivity index (χ2v) is 5.68. The molecule has 1 aromatic heterocycles. The zero-order valence-corrected chi connectivity index (χ0v) is 12.3. The van der Waals surface area contributed by atoms with E-state index in [4.69, 9.17) is 17.3 Å². The molecule has 0 saturated carbocycles. The lowest BCUT2D eigenvalue weighted by Gasteiger charge is -2.08. The van der Waals surface area contributed by atoms with Gasteiger partial charge >= 0.3 is 0 Å². The van der Waals surface area contributed by atoms with Crippen LogP contribution in [0.25, 0.3) is 0 Å². The van der Waals surface area contributed by atoms with Gasteiger partial charge in [0.25, 0.3) is 0 Å². The predicted octanol–water partition coefficient (Wildman–Crippen LogP) is 4.25. The Morgan fingerprint density at radius 1 is 1.39 bits per heavy atom. The third-order valence-electron chi connectivity index (χ3n) is 2.28. The summed E-state index contributed by atoms with van der Waals surface area (Å²) in [5.41, 5.74) is 6.24. The minimum absolute atomic E-state index is 0.285. The quantitative estimate of drug-likeness (QED) is 0.902. The average Bonchev–Trinajstić information content (AvgIpc) is 2.38. The van der Waals surface area contributed by atoms with Crippen molar-refractivity contribution in [2.75, 3.05) is 0 Å². The molecule has 0 spiro atoms. The summed E-state index contributed by atoms with van der Waals surface area (Å²) in [6.07, 6.45) is 1.62. The zero-order valence-electron chi connectivity index (χ0n) is 9.16. The maximum absolute atomic E-state index is 14.1. The number of nitrogens with two attached hydrogens (primary N) is 1. The van der Waals surface area contributed by atoms with Gasteiger partial charge in [-0.25, -0.2) is 9.37 Å². The van der Waals surface area contributed by atoms with Gasteiger partial charge in [-0.05, 0) is 39.7 Å². The Morgan fingerprint density at radius 3 is 2.83 bits per heavy atom. The van der Waals surface area contributed by atoms with Crippen LogP contribution in [0.15, 0.2) is 44.9 Å². The monoisotopic (exact) mass is 346 g/mol. The van der Waals surface area contributed by atoms with Gasteiger partial charge in [0.1, 0.15) is 5.03 Å². The fraction of sp³-hybridized carbons (Fsp3) is 0.0833. The number of hydrogen-bond donors (Lipinski definition) is 1. The number of aromatic nitrogens is 1. The SMILES string of the molecule is NCc1ccc(Sc2ncccc2Cl)c(F)c1Br. The molecule has 94 valence electrons. The lowest BCUT2D eigenvalue weighted by molar-refractivity contribution is 0.592. The smallest absolute Gasteiger partial charge is 0.151 e. The molecule has 0 aliphatic heterocycles. The van der Waals surface area contributed by atoms with Gasteiger partial charge in [-0.15, -0.1) is 0 Å². The first-order valence-corrected chi connectivity index (χ1v) is 7.07. The standard InChI is InChI=1S/C12H9BrClFN2S/c13-10-7(6-16)3-4-9(11(10)15)18-12-8(14)2-1-5-17-12/h1-5H,6,16H2. The van der Waals surface area contributed by atoms with Crippen LogP contribution in [0.4, 0.5) is 4.39 Å². The highest BCUT2D eigenvalue weighted by molar-refractivity contribution is 9.10. The molecule has 1 heterocycles. The molecule has 2 nitrogen and oxygen atoms in total. The van der Waals surface area contributed by atoms with Crippen molar-refractivity contribution < 1.29 is 4.39 Å². The van der Waals surface area contributed by atoms with Crippen LogP contribution in [0.2, 0.25) is 5.02 Å². The zero-order chi connectivity index (χ0) is 13.1. The predicted molar refractivity (Wildman–Crippen MR) is 75.4 cm³/mol. The lowest BCUT2D eigenvalue weighted by atomic mass is 10.2. The van der Waals surface area contributed by atoms with E-state index in [1.54, 1.807) is 30.5 Å². The first-order valence-electron chi connectivity index (χ1n) is 5.08. The van der Waals surface area contributed by atoms with Crippen LogP contribution in [-0.4, -0.2) is 4.98 Å². The summed E-state index contributed by atoms with van der Waals surface area (Å²) < 4.78 is 14.5. The van der Waals surface area contributed by atoms with E-state index in [-0.39, 0.29) is 12.4 Å². The Labute approximate surface area is 122 Å². The molecule has 18 heavy (non-hydrogen) atoms. The summed E-state index contributed by atoms with van der Waals surface area (Å²) in [7, 11) is 0. The molecule has 2 N–H and O–H groups in total. The van der Waals surface area contributed by atoms with Crippen molar-refractivity contribution in [3.63, 3.8) is 0 Å².